The summed E-state index contributed by atoms with van der Waals surface area (Å²) in [5, 5.41) is 3.09. The minimum Gasteiger partial charge on any atom is -0.465 e. The summed E-state index contributed by atoms with van der Waals surface area (Å²) in [5.41, 5.74) is 0.0484. The van der Waals surface area contributed by atoms with Gasteiger partial charge in [-0.05, 0) is 19.4 Å². The van der Waals surface area contributed by atoms with E-state index in [4.69, 9.17) is 9.47 Å². The van der Waals surface area contributed by atoms with Crippen molar-refractivity contribution in [3.63, 3.8) is 0 Å². The van der Waals surface area contributed by atoms with Crippen LogP contribution in [0.25, 0.3) is 0 Å². The summed E-state index contributed by atoms with van der Waals surface area (Å²) in [6, 6.07) is 1.05. The van der Waals surface area contributed by atoms with E-state index in [2.05, 4.69) is 10.3 Å². The highest BCUT2D eigenvalue weighted by atomic mass is 32.2. The van der Waals surface area contributed by atoms with E-state index >= 15 is 0 Å². The summed E-state index contributed by atoms with van der Waals surface area (Å²) in [7, 11) is -2.68. The molecule has 1 unspecified atom stereocenters. The molecule has 0 saturated carbocycles. The monoisotopic (exact) mass is 426 g/mol. The van der Waals surface area contributed by atoms with Crippen LogP contribution in [0, 0.1) is 0 Å². The molecule has 160 valence electrons. The first-order valence-electron chi connectivity index (χ1n) is 9.53. The normalized spacial score (nSPS) is 19.2. The van der Waals surface area contributed by atoms with E-state index in [1.54, 1.807) is 4.90 Å². The fourth-order valence-electron chi connectivity index (χ4n) is 3.41. The SMILES string of the molecule is COC(=O)c1cnc(NC(C)CN2CCCC2=O)c(S(=O)(=O)N2CCOCC2)c1. The van der Waals surface area contributed by atoms with Crippen LogP contribution < -0.4 is 5.32 Å². The van der Waals surface area contributed by atoms with Crippen LogP contribution in [-0.2, 0) is 24.3 Å². The zero-order valence-corrected chi connectivity index (χ0v) is 17.4. The Morgan fingerprint density at radius 3 is 2.69 bits per heavy atom. The number of ether oxygens (including phenoxy) is 2. The average molecular weight is 426 g/mol. The molecule has 0 spiro atoms. The van der Waals surface area contributed by atoms with Crippen molar-refractivity contribution in [3.05, 3.63) is 17.8 Å². The van der Waals surface area contributed by atoms with Crippen LogP contribution >= 0.6 is 0 Å². The molecule has 1 aromatic heterocycles. The number of hydrogen-bond acceptors (Lipinski definition) is 8. The van der Waals surface area contributed by atoms with Crippen LogP contribution in [0.2, 0.25) is 0 Å². The molecule has 0 bridgehead atoms. The van der Waals surface area contributed by atoms with Gasteiger partial charge in [0.2, 0.25) is 15.9 Å². The molecule has 3 heterocycles. The number of likely N-dealkylation sites (tertiary alicyclic amines) is 1. The highest BCUT2D eigenvalue weighted by molar-refractivity contribution is 7.89. The Kier molecular flexibility index (Phi) is 6.70. The van der Waals surface area contributed by atoms with Gasteiger partial charge in [-0.2, -0.15) is 4.31 Å². The van der Waals surface area contributed by atoms with Crippen molar-refractivity contribution in [1.29, 1.82) is 0 Å². The Labute approximate surface area is 170 Å². The fourth-order valence-corrected chi connectivity index (χ4v) is 4.95. The number of nitrogens with one attached hydrogen (secondary N) is 1. The number of morpholine rings is 1. The van der Waals surface area contributed by atoms with Gasteiger partial charge in [0.05, 0.1) is 25.9 Å². The van der Waals surface area contributed by atoms with E-state index in [0.29, 0.717) is 32.7 Å². The lowest BCUT2D eigenvalue weighted by Gasteiger charge is -2.28. The van der Waals surface area contributed by atoms with Crippen molar-refractivity contribution in [2.24, 2.45) is 0 Å². The minimum absolute atomic E-state index is 0.0484. The molecule has 3 rings (SSSR count). The molecule has 2 saturated heterocycles. The third-order valence-electron chi connectivity index (χ3n) is 4.91. The number of hydrogen-bond donors (Lipinski definition) is 1. The van der Waals surface area contributed by atoms with Crippen LogP contribution in [0.1, 0.15) is 30.1 Å². The average Bonchev–Trinajstić information content (AvgIpc) is 3.12. The first-order valence-corrected chi connectivity index (χ1v) is 11.0. The standard InChI is InChI=1S/C18H26N4O6S/c1-13(12-21-5-3-4-16(21)23)20-17-15(10-14(11-19-17)18(24)27-2)29(25,26)22-6-8-28-9-7-22/h10-11,13H,3-9,12H2,1-2H3,(H,19,20). The summed E-state index contributed by atoms with van der Waals surface area (Å²) >= 11 is 0. The number of pyridine rings is 1. The van der Waals surface area contributed by atoms with Crippen molar-refractivity contribution in [3.8, 4) is 0 Å². The first-order chi connectivity index (χ1) is 13.8. The van der Waals surface area contributed by atoms with Crippen molar-refractivity contribution in [1.82, 2.24) is 14.2 Å². The quantitative estimate of drug-likeness (QED) is 0.619. The number of esters is 1. The summed E-state index contributed by atoms with van der Waals surface area (Å²) in [6.45, 7) is 4.05. The highest BCUT2D eigenvalue weighted by Gasteiger charge is 2.31. The van der Waals surface area contributed by atoms with Crippen LogP contribution in [0.15, 0.2) is 17.2 Å². The molecular formula is C18H26N4O6S. The molecular weight excluding hydrogens is 400 g/mol. The second-order valence-electron chi connectivity index (χ2n) is 7.07. The van der Waals surface area contributed by atoms with Gasteiger partial charge in [0.15, 0.2) is 0 Å². The van der Waals surface area contributed by atoms with E-state index < -0.39 is 16.0 Å². The van der Waals surface area contributed by atoms with Crippen molar-refractivity contribution in [2.45, 2.75) is 30.7 Å². The molecule has 2 fully saturated rings. The third-order valence-corrected chi connectivity index (χ3v) is 6.82. The van der Waals surface area contributed by atoms with E-state index in [-0.39, 0.29) is 41.3 Å². The van der Waals surface area contributed by atoms with Crippen LogP contribution in [0.3, 0.4) is 0 Å². The molecule has 1 amide bonds. The molecule has 1 aromatic rings. The highest BCUT2D eigenvalue weighted by Crippen LogP contribution is 2.26. The Balaban J connectivity index is 1.89. The molecule has 29 heavy (non-hydrogen) atoms. The molecule has 1 N–H and O–H groups in total. The number of carbonyl (C=O) groups excluding carboxylic acids is 2. The number of anilines is 1. The largest absolute Gasteiger partial charge is 0.465 e. The number of sulfonamides is 1. The number of nitrogens with zero attached hydrogens (tertiary/aromatic N) is 3. The minimum atomic E-state index is -3.90. The van der Waals surface area contributed by atoms with E-state index in [0.717, 1.165) is 6.42 Å². The van der Waals surface area contributed by atoms with Gasteiger partial charge in [-0.25, -0.2) is 18.2 Å². The van der Waals surface area contributed by atoms with Gasteiger partial charge in [-0.15, -0.1) is 0 Å². The maximum atomic E-state index is 13.2. The summed E-state index contributed by atoms with van der Waals surface area (Å²) < 4.78 is 37.7. The molecule has 1 atom stereocenters. The van der Waals surface area contributed by atoms with Crippen LogP contribution in [0.5, 0.6) is 0 Å². The topological polar surface area (TPSA) is 118 Å². The van der Waals surface area contributed by atoms with Crippen LogP contribution in [0.4, 0.5) is 5.82 Å². The second kappa shape index (κ2) is 9.06. The van der Waals surface area contributed by atoms with Gasteiger partial charge in [-0.1, -0.05) is 0 Å². The van der Waals surface area contributed by atoms with Crippen molar-refractivity contribution < 1.29 is 27.5 Å². The lowest BCUT2D eigenvalue weighted by Crippen LogP contribution is -2.41. The zero-order chi connectivity index (χ0) is 21.0. The lowest BCUT2D eigenvalue weighted by atomic mass is 10.2. The zero-order valence-electron chi connectivity index (χ0n) is 16.6. The number of carbonyl (C=O) groups is 2. The molecule has 0 radical (unpaired) electrons. The predicted molar refractivity (Wildman–Crippen MR) is 104 cm³/mol. The smallest absolute Gasteiger partial charge is 0.339 e. The van der Waals surface area contributed by atoms with Gasteiger partial charge in [-0.3, -0.25) is 4.79 Å². The van der Waals surface area contributed by atoms with Gasteiger partial charge >= 0.3 is 5.97 Å². The van der Waals surface area contributed by atoms with Crippen LogP contribution in [-0.4, -0.2) is 87.0 Å². The molecule has 2 aliphatic rings. The number of aromatic nitrogens is 1. The Morgan fingerprint density at radius 1 is 1.34 bits per heavy atom. The van der Waals surface area contributed by atoms with Crippen molar-refractivity contribution in [2.75, 3.05) is 51.8 Å². The summed E-state index contributed by atoms with van der Waals surface area (Å²) in [4.78, 5) is 29.6. The Bertz CT molecular complexity index is 869. The maximum absolute atomic E-state index is 13.2. The molecule has 2 aliphatic heterocycles. The number of amides is 1. The van der Waals surface area contributed by atoms with Gasteiger partial charge < -0.3 is 19.7 Å². The van der Waals surface area contributed by atoms with E-state index in [1.807, 2.05) is 6.92 Å². The Morgan fingerprint density at radius 2 is 2.07 bits per heavy atom. The summed E-state index contributed by atoms with van der Waals surface area (Å²) in [6.07, 6.45) is 2.64. The number of rotatable bonds is 7. The third kappa shape index (κ3) is 4.85. The first kappa shape index (κ1) is 21.5. The maximum Gasteiger partial charge on any atom is 0.339 e. The molecule has 0 aromatic carbocycles. The predicted octanol–water partition coefficient (Wildman–Crippen LogP) is 0.312. The van der Waals surface area contributed by atoms with Crippen molar-refractivity contribution >= 4 is 27.7 Å². The number of methoxy groups -OCH3 is 1. The summed E-state index contributed by atoms with van der Waals surface area (Å²) in [5.74, 6) is -0.435. The van der Waals surface area contributed by atoms with E-state index in [9.17, 15) is 18.0 Å². The molecule has 10 nitrogen and oxygen atoms in total. The van der Waals surface area contributed by atoms with Gasteiger partial charge in [0, 0.05) is 44.8 Å². The lowest BCUT2D eigenvalue weighted by molar-refractivity contribution is -0.127. The van der Waals surface area contributed by atoms with Gasteiger partial charge in [0.1, 0.15) is 10.7 Å². The second-order valence-corrected chi connectivity index (χ2v) is 8.97. The van der Waals surface area contributed by atoms with E-state index in [1.165, 1.54) is 23.7 Å². The Hall–Kier alpha value is -2.24. The fraction of sp³-hybridized carbons (Fsp3) is 0.611. The molecule has 11 heteroatoms. The van der Waals surface area contributed by atoms with Gasteiger partial charge in [0.25, 0.3) is 0 Å². The molecule has 0 aliphatic carbocycles.